The molecule has 20 heavy (non-hydrogen) atoms. The average Bonchev–Trinajstić information content (AvgIpc) is 2.82. The lowest BCUT2D eigenvalue weighted by atomic mass is 10.0. The Morgan fingerprint density at radius 2 is 2.15 bits per heavy atom. The van der Waals surface area contributed by atoms with E-state index in [-0.39, 0.29) is 0 Å². The molecule has 0 bridgehead atoms. The third-order valence-electron chi connectivity index (χ3n) is 3.18. The molecule has 0 aliphatic heterocycles. The summed E-state index contributed by atoms with van der Waals surface area (Å²) < 4.78 is 6.02. The van der Waals surface area contributed by atoms with E-state index in [0.717, 1.165) is 22.2 Å². The summed E-state index contributed by atoms with van der Waals surface area (Å²) in [6, 6.07) is 6.68. The fourth-order valence-corrected chi connectivity index (χ4v) is 2.87. The van der Waals surface area contributed by atoms with Gasteiger partial charge in [-0.1, -0.05) is 19.1 Å². The molecule has 4 heteroatoms. The van der Waals surface area contributed by atoms with E-state index in [0.29, 0.717) is 12.6 Å². The first kappa shape index (κ1) is 15.0. The molecule has 1 atom stereocenters. The zero-order chi connectivity index (χ0) is 14.5. The third kappa shape index (κ3) is 3.81. The van der Waals surface area contributed by atoms with Crippen LogP contribution in [0.3, 0.4) is 0 Å². The van der Waals surface area contributed by atoms with Gasteiger partial charge in [0, 0.05) is 17.8 Å². The number of rotatable bonds is 6. The summed E-state index contributed by atoms with van der Waals surface area (Å²) in [7, 11) is 0. The summed E-state index contributed by atoms with van der Waals surface area (Å²) >= 11 is 1.68. The van der Waals surface area contributed by atoms with E-state index >= 15 is 0 Å². The van der Waals surface area contributed by atoms with Crippen LogP contribution >= 0.6 is 11.3 Å². The number of hydrogen-bond acceptors (Lipinski definition) is 4. The minimum Gasteiger partial charge on any atom is -0.488 e. The van der Waals surface area contributed by atoms with Crippen molar-refractivity contribution in [2.24, 2.45) is 0 Å². The standard InChI is InChI=1S/C16H22N2OS/c1-5-17-12(3)15-7-6-11(2)8-16(15)19-10-14-9-18-13(4)20-14/h6-9,12,17H,5,10H2,1-4H3. The second-order valence-corrected chi connectivity index (χ2v) is 6.27. The zero-order valence-electron chi connectivity index (χ0n) is 12.6. The Morgan fingerprint density at radius 1 is 1.35 bits per heavy atom. The molecule has 1 aromatic heterocycles. The Hall–Kier alpha value is -1.39. The summed E-state index contributed by atoms with van der Waals surface area (Å²) in [6.45, 7) is 9.91. The van der Waals surface area contributed by atoms with Crippen LogP contribution in [0, 0.1) is 13.8 Å². The minimum atomic E-state index is 0.291. The minimum absolute atomic E-state index is 0.291. The maximum absolute atomic E-state index is 6.02. The van der Waals surface area contributed by atoms with Gasteiger partial charge in [-0.05, 0) is 38.9 Å². The van der Waals surface area contributed by atoms with Crippen molar-refractivity contribution in [1.29, 1.82) is 0 Å². The van der Waals surface area contributed by atoms with Crippen LogP contribution in [0.1, 0.15) is 40.9 Å². The predicted octanol–water partition coefficient (Wildman–Crippen LogP) is 4.01. The smallest absolute Gasteiger partial charge is 0.124 e. The summed E-state index contributed by atoms with van der Waals surface area (Å²) in [5.74, 6) is 0.963. The molecule has 3 nitrogen and oxygen atoms in total. The Balaban J connectivity index is 2.14. The van der Waals surface area contributed by atoms with Crippen molar-refractivity contribution in [3.63, 3.8) is 0 Å². The van der Waals surface area contributed by atoms with Crippen molar-refractivity contribution in [3.05, 3.63) is 45.4 Å². The van der Waals surface area contributed by atoms with E-state index in [4.69, 9.17) is 4.74 Å². The monoisotopic (exact) mass is 290 g/mol. The lowest BCUT2D eigenvalue weighted by Crippen LogP contribution is -2.18. The van der Waals surface area contributed by atoms with Crippen molar-refractivity contribution in [2.45, 2.75) is 40.3 Å². The average molecular weight is 290 g/mol. The van der Waals surface area contributed by atoms with Crippen LogP contribution in [0.5, 0.6) is 5.75 Å². The molecule has 0 saturated heterocycles. The van der Waals surface area contributed by atoms with E-state index in [2.05, 4.69) is 49.3 Å². The van der Waals surface area contributed by atoms with E-state index < -0.39 is 0 Å². The molecule has 1 aromatic carbocycles. The van der Waals surface area contributed by atoms with Gasteiger partial charge in [0.05, 0.1) is 9.88 Å². The first-order chi connectivity index (χ1) is 9.60. The van der Waals surface area contributed by atoms with Crippen LogP contribution in [0.25, 0.3) is 0 Å². The van der Waals surface area contributed by atoms with Crippen LogP contribution in [-0.2, 0) is 6.61 Å². The fourth-order valence-electron chi connectivity index (χ4n) is 2.16. The first-order valence-electron chi connectivity index (χ1n) is 6.98. The number of aryl methyl sites for hydroxylation is 2. The number of ether oxygens (including phenoxy) is 1. The summed E-state index contributed by atoms with van der Waals surface area (Å²) in [5.41, 5.74) is 2.42. The molecule has 2 rings (SSSR count). The molecule has 1 N–H and O–H groups in total. The van der Waals surface area contributed by atoms with Gasteiger partial charge >= 0.3 is 0 Å². The maximum atomic E-state index is 6.02. The molecule has 0 fully saturated rings. The molecule has 0 spiro atoms. The molecular formula is C16H22N2OS. The molecule has 108 valence electrons. The molecule has 2 aromatic rings. The second kappa shape index (κ2) is 6.86. The molecule has 0 radical (unpaired) electrons. The highest BCUT2D eigenvalue weighted by atomic mass is 32.1. The topological polar surface area (TPSA) is 34.1 Å². The van der Waals surface area contributed by atoms with Gasteiger partial charge in [-0.15, -0.1) is 11.3 Å². The van der Waals surface area contributed by atoms with Crippen LogP contribution in [0.2, 0.25) is 0 Å². The number of hydrogen-bond donors (Lipinski definition) is 1. The quantitative estimate of drug-likeness (QED) is 0.873. The van der Waals surface area contributed by atoms with Gasteiger partial charge in [-0.3, -0.25) is 0 Å². The predicted molar refractivity (Wildman–Crippen MR) is 84.5 cm³/mol. The van der Waals surface area contributed by atoms with Crippen molar-refractivity contribution in [1.82, 2.24) is 10.3 Å². The van der Waals surface area contributed by atoms with Crippen molar-refractivity contribution in [3.8, 4) is 5.75 Å². The third-order valence-corrected chi connectivity index (χ3v) is 4.07. The summed E-state index contributed by atoms with van der Waals surface area (Å²) in [5, 5.41) is 4.51. The highest BCUT2D eigenvalue weighted by Crippen LogP contribution is 2.27. The second-order valence-electron chi connectivity index (χ2n) is 4.95. The normalized spacial score (nSPS) is 12.4. The Kier molecular flexibility index (Phi) is 5.15. The lowest BCUT2D eigenvalue weighted by Gasteiger charge is -2.18. The lowest BCUT2D eigenvalue weighted by molar-refractivity contribution is 0.303. The Morgan fingerprint density at radius 3 is 2.80 bits per heavy atom. The van der Waals surface area contributed by atoms with Crippen molar-refractivity contribution in [2.75, 3.05) is 6.54 Å². The van der Waals surface area contributed by atoms with Gasteiger partial charge in [0.2, 0.25) is 0 Å². The van der Waals surface area contributed by atoms with Gasteiger partial charge in [-0.25, -0.2) is 4.98 Å². The highest BCUT2D eigenvalue weighted by molar-refractivity contribution is 7.11. The fraction of sp³-hybridized carbons (Fsp3) is 0.438. The molecule has 0 aliphatic carbocycles. The number of aromatic nitrogens is 1. The van der Waals surface area contributed by atoms with Gasteiger partial charge < -0.3 is 10.1 Å². The van der Waals surface area contributed by atoms with Crippen molar-refractivity contribution >= 4 is 11.3 Å². The molecule has 1 unspecified atom stereocenters. The van der Waals surface area contributed by atoms with Crippen molar-refractivity contribution < 1.29 is 4.74 Å². The first-order valence-corrected chi connectivity index (χ1v) is 7.79. The number of thiazole rings is 1. The number of benzene rings is 1. The highest BCUT2D eigenvalue weighted by Gasteiger charge is 2.11. The van der Waals surface area contributed by atoms with Gasteiger partial charge in [0.25, 0.3) is 0 Å². The molecule has 0 amide bonds. The molecule has 0 aliphatic rings. The summed E-state index contributed by atoms with van der Waals surface area (Å²) in [4.78, 5) is 5.42. The van der Waals surface area contributed by atoms with E-state index in [1.54, 1.807) is 11.3 Å². The van der Waals surface area contributed by atoms with Crippen LogP contribution in [-0.4, -0.2) is 11.5 Å². The van der Waals surface area contributed by atoms with Crippen LogP contribution < -0.4 is 10.1 Å². The van der Waals surface area contributed by atoms with Gasteiger partial charge in [0.15, 0.2) is 0 Å². The SMILES string of the molecule is CCNC(C)c1ccc(C)cc1OCc1cnc(C)s1. The Bertz CT molecular complexity index is 565. The zero-order valence-corrected chi connectivity index (χ0v) is 13.4. The van der Waals surface area contributed by atoms with Gasteiger partial charge in [-0.2, -0.15) is 0 Å². The molecular weight excluding hydrogens is 268 g/mol. The maximum Gasteiger partial charge on any atom is 0.124 e. The molecule has 0 saturated carbocycles. The van der Waals surface area contributed by atoms with E-state index in [1.165, 1.54) is 11.1 Å². The van der Waals surface area contributed by atoms with Gasteiger partial charge in [0.1, 0.15) is 12.4 Å². The van der Waals surface area contributed by atoms with E-state index in [9.17, 15) is 0 Å². The number of nitrogens with one attached hydrogen (secondary N) is 1. The van der Waals surface area contributed by atoms with Crippen LogP contribution in [0.4, 0.5) is 0 Å². The number of nitrogens with zero attached hydrogens (tertiary/aromatic N) is 1. The largest absolute Gasteiger partial charge is 0.488 e. The Labute approximate surface area is 125 Å². The molecule has 1 heterocycles. The summed E-state index contributed by atoms with van der Waals surface area (Å²) in [6.07, 6.45) is 1.89. The van der Waals surface area contributed by atoms with Crippen LogP contribution in [0.15, 0.2) is 24.4 Å². The van der Waals surface area contributed by atoms with E-state index in [1.807, 2.05) is 13.1 Å².